The standard InChI is InChI=1S/C22H27N5OS/c1-14(2)17-12-11-15(3)19(13-17)24-25-22(29)23-20-16(4)26(5)27(21(20)28)18-9-7-6-8-10-18/h6-11,17H,1,12-13H2,2-5H3,(H2,23,25,29)/b24-19-/t17-/m1/s1. The Labute approximate surface area is 176 Å². The van der Waals surface area contributed by atoms with Crippen molar-refractivity contribution >= 4 is 28.7 Å². The monoisotopic (exact) mass is 409 g/mol. The van der Waals surface area contributed by atoms with Gasteiger partial charge in [0, 0.05) is 7.05 Å². The maximum absolute atomic E-state index is 13.0. The van der Waals surface area contributed by atoms with Crippen molar-refractivity contribution in [3.63, 3.8) is 0 Å². The van der Waals surface area contributed by atoms with E-state index in [1.54, 1.807) is 9.36 Å². The summed E-state index contributed by atoms with van der Waals surface area (Å²) in [5, 5.41) is 7.78. The van der Waals surface area contributed by atoms with Gasteiger partial charge >= 0.3 is 0 Å². The minimum atomic E-state index is -0.163. The Bertz CT molecular complexity index is 1060. The Hall–Kier alpha value is -2.93. The number of nitrogens with one attached hydrogen (secondary N) is 2. The lowest BCUT2D eigenvalue weighted by atomic mass is 9.85. The minimum absolute atomic E-state index is 0.163. The maximum atomic E-state index is 13.0. The molecule has 0 spiro atoms. The van der Waals surface area contributed by atoms with E-state index in [-0.39, 0.29) is 10.7 Å². The van der Waals surface area contributed by atoms with Crippen molar-refractivity contribution in [1.29, 1.82) is 0 Å². The molecule has 0 saturated carbocycles. The highest BCUT2D eigenvalue weighted by molar-refractivity contribution is 7.80. The van der Waals surface area contributed by atoms with Crippen LogP contribution in [0.5, 0.6) is 0 Å². The van der Waals surface area contributed by atoms with Gasteiger partial charge in [-0.2, -0.15) is 5.10 Å². The molecule has 0 radical (unpaired) electrons. The molecule has 2 N–H and O–H groups in total. The number of allylic oxidation sites excluding steroid dienone is 3. The zero-order valence-corrected chi connectivity index (χ0v) is 18.1. The number of para-hydroxylation sites is 1. The summed E-state index contributed by atoms with van der Waals surface area (Å²) in [6, 6.07) is 9.50. The van der Waals surface area contributed by atoms with E-state index in [0.29, 0.717) is 11.6 Å². The summed E-state index contributed by atoms with van der Waals surface area (Å²) in [5.41, 5.74) is 8.00. The predicted molar refractivity (Wildman–Crippen MR) is 124 cm³/mol. The molecule has 29 heavy (non-hydrogen) atoms. The van der Waals surface area contributed by atoms with Gasteiger partial charge in [0.1, 0.15) is 5.69 Å². The van der Waals surface area contributed by atoms with Crippen molar-refractivity contribution in [2.24, 2.45) is 18.1 Å². The van der Waals surface area contributed by atoms with Gasteiger partial charge in [0.25, 0.3) is 5.56 Å². The van der Waals surface area contributed by atoms with Gasteiger partial charge in [-0.15, -0.1) is 0 Å². The molecule has 0 aliphatic heterocycles. The van der Waals surface area contributed by atoms with E-state index in [4.69, 9.17) is 12.2 Å². The van der Waals surface area contributed by atoms with Crippen LogP contribution in [0.15, 0.2) is 64.0 Å². The first-order valence-electron chi connectivity index (χ1n) is 9.59. The highest BCUT2D eigenvalue weighted by atomic mass is 32.1. The van der Waals surface area contributed by atoms with Crippen molar-refractivity contribution < 1.29 is 0 Å². The molecule has 3 rings (SSSR count). The highest BCUT2D eigenvalue weighted by Crippen LogP contribution is 2.26. The van der Waals surface area contributed by atoms with Gasteiger partial charge in [-0.1, -0.05) is 36.4 Å². The van der Waals surface area contributed by atoms with Crippen molar-refractivity contribution in [1.82, 2.24) is 14.8 Å². The fourth-order valence-corrected chi connectivity index (χ4v) is 3.54. The predicted octanol–water partition coefficient (Wildman–Crippen LogP) is 4.06. The van der Waals surface area contributed by atoms with Crippen LogP contribution in [0, 0.1) is 12.8 Å². The molecule has 1 aliphatic rings. The second-order valence-electron chi connectivity index (χ2n) is 7.43. The molecule has 0 saturated heterocycles. The molecule has 1 aromatic carbocycles. The summed E-state index contributed by atoms with van der Waals surface area (Å²) >= 11 is 5.39. The van der Waals surface area contributed by atoms with E-state index in [1.807, 2.05) is 58.2 Å². The summed E-state index contributed by atoms with van der Waals surface area (Å²) in [6.45, 7) is 10.0. The number of hydrogen-bond donors (Lipinski definition) is 2. The molecule has 0 unspecified atom stereocenters. The number of rotatable bonds is 4. The average molecular weight is 410 g/mol. The highest BCUT2D eigenvalue weighted by Gasteiger charge is 2.19. The molecule has 2 aromatic rings. The quantitative estimate of drug-likeness (QED) is 0.454. The smallest absolute Gasteiger partial charge is 0.295 e. The van der Waals surface area contributed by atoms with Crippen LogP contribution in [-0.2, 0) is 7.05 Å². The number of thiocarbonyl (C=S) groups is 1. The number of hydrogen-bond acceptors (Lipinski definition) is 3. The summed E-state index contributed by atoms with van der Waals surface area (Å²) in [4.78, 5) is 13.0. The van der Waals surface area contributed by atoms with Gasteiger partial charge in [0.05, 0.1) is 17.1 Å². The molecular weight excluding hydrogens is 382 g/mol. The number of hydrazone groups is 1. The first kappa shape index (κ1) is 20.8. The minimum Gasteiger partial charge on any atom is -0.325 e. The molecule has 0 fully saturated rings. The van der Waals surface area contributed by atoms with Gasteiger partial charge in [-0.25, -0.2) is 4.68 Å². The van der Waals surface area contributed by atoms with Gasteiger partial charge in [0.2, 0.25) is 0 Å². The molecule has 7 heteroatoms. The third kappa shape index (κ3) is 4.40. The molecule has 6 nitrogen and oxygen atoms in total. The summed E-state index contributed by atoms with van der Waals surface area (Å²) in [7, 11) is 1.85. The Kier molecular flexibility index (Phi) is 6.17. The molecule has 1 aliphatic carbocycles. The largest absolute Gasteiger partial charge is 0.325 e. The lowest BCUT2D eigenvalue weighted by Crippen LogP contribution is -2.29. The van der Waals surface area contributed by atoms with Crippen LogP contribution in [0.1, 0.15) is 32.4 Å². The Morgan fingerprint density at radius 2 is 1.97 bits per heavy atom. The summed E-state index contributed by atoms with van der Waals surface area (Å²) in [6.07, 6.45) is 4.00. The average Bonchev–Trinajstić information content (AvgIpc) is 2.91. The fourth-order valence-electron chi connectivity index (χ4n) is 3.40. The Morgan fingerprint density at radius 3 is 2.62 bits per heavy atom. The van der Waals surface area contributed by atoms with Gasteiger partial charge < -0.3 is 5.32 Å². The second-order valence-corrected chi connectivity index (χ2v) is 7.84. The van der Waals surface area contributed by atoms with E-state index in [0.717, 1.165) is 41.1 Å². The zero-order valence-electron chi connectivity index (χ0n) is 17.3. The van der Waals surface area contributed by atoms with Crippen LogP contribution in [0.3, 0.4) is 0 Å². The van der Waals surface area contributed by atoms with Crippen LogP contribution in [-0.4, -0.2) is 20.2 Å². The lowest BCUT2D eigenvalue weighted by Gasteiger charge is -2.22. The van der Waals surface area contributed by atoms with E-state index in [9.17, 15) is 4.79 Å². The van der Waals surface area contributed by atoms with E-state index in [2.05, 4.69) is 28.5 Å². The number of benzene rings is 1. The Balaban J connectivity index is 1.78. The van der Waals surface area contributed by atoms with Crippen LogP contribution < -0.4 is 16.3 Å². The molecule has 1 heterocycles. The third-order valence-electron chi connectivity index (χ3n) is 5.39. The topological polar surface area (TPSA) is 63.4 Å². The van der Waals surface area contributed by atoms with Gasteiger partial charge in [-0.3, -0.25) is 14.9 Å². The summed E-state index contributed by atoms with van der Waals surface area (Å²) < 4.78 is 3.41. The third-order valence-corrected chi connectivity index (χ3v) is 5.58. The fraction of sp³-hybridized carbons (Fsp3) is 0.318. The first-order chi connectivity index (χ1) is 13.8. The SMILES string of the molecule is C=C(C)[C@@H]1CC=C(C)/C(=N\NC(=S)Nc2c(C)n(C)n(-c3ccccc3)c2=O)C1. The van der Waals surface area contributed by atoms with Gasteiger partial charge in [-0.05, 0) is 69.5 Å². The molecule has 0 amide bonds. The van der Waals surface area contributed by atoms with Crippen molar-refractivity contribution in [3.8, 4) is 5.69 Å². The molecular formula is C22H27N5OS. The molecule has 152 valence electrons. The van der Waals surface area contributed by atoms with Crippen LogP contribution >= 0.6 is 12.2 Å². The molecule has 1 atom stereocenters. The van der Waals surface area contributed by atoms with Crippen molar-refractivity contribution in [3.05, 3.63) is 70.2 Å². The normalized spacial score (nSPS) is 17.7. The number of anilines is 1. The summed E-state index contributed by atoms with van der Waals surface area (Å²) in [5.74, 6) is 0.398. The number of nitrogens with zero attached hydrogens (tertiary/aromatic N) is 3. The van der Waals surface area contributed by atoms with Crippen molar-refractivity contribution in [2.45, 2.75) is 33.6 Å². The van der Waals surface area contributed by atoms with E-state index < -0.39 is 0 Å². The first-order valence-corrected chi connectivity index (χ1v) is 10.0. The van der Waals surface area contributed by atoms with E-state index >= 15 is 0 Å². The molecule has 1 aromatic heterocycles. The van der Waals surface area contributed by atoms with E-state index in [1.165, 1.54) is 0 Å². The number of aromatic nitrogens is 2. The van der Waals surface area contributed by atoms with Crippen LogP contribution in [0.25, 0.3) is 5.69 Å². The zero-order chi connectivity index (χ0) is 21.1. The lowest BCUT2D eigenvalue weighted by molar-refractivity contribution is 0.630. The van der Waals surface area contributed by atoms with Crippen molar-refractivity contribution in [2.75, 3.05) is 5.32 Å². The van der Waals surface area contributed by atoms with Gasteiger partial charge in [0.15, 0.2) is 5.11 Å². The second kappa shape index (κ2) is 8.61. The van der Waals surface area contributed by atoms with Crippen LogP contribution in [0.2, 0.25) is 0 Å². The molecule has 0 bridgehead atoms. The van der Waals surface area contributed by atoms with Crippen LogP contribution in [0.4, 0.5) is 5.69 Å². The maximum Gasteiger partial charge on any atom is 0.295 e. The Morgan fingerprint density at radius 1 is 1.28 bits per heavy atom.